The van der Waals surface area contributed by atoms with Crippen molar-refractivity contribution in [3.8, 4) is 0 Å². The Balaban J connectivity index is 2.81. The molecule has 0 saturated carbocycles. The molecule has 0 aliphatic carbocycles. The van der Waals surface area contributed by atoms with Crippen molar-refractivity contribution in [1.82, 2.24) is 4.90 Å². The molecule has 1 aliphatic heterocycles. The SMILES string of the molecule is C=C1CCCC(C)(C)N1C(C)C. The molecular formula is C11H21N. The van der Waals surface area contributed by atoms with Gasteiger partial charge in [-0.2, -0.15) is 0 Å². The van der Waals surface area contributed by atoms with E-state index in [0.717, 1.165) is 0 Å². The van der Waals surface area contributed by atoms with Gasteiger partial charge in [0.25, 0.3) is 0 Å². The molecule has 0 aromatic heterocycles. The van der Waals surface area contributed by atoms with Crippen LogP contribution in [0.15, 0.2) is 12.3 Å². The van der Waals surface area contributed by atoms with E-state index < -0.39 is 0 Å². The third kappa shape index (κ3) is 1.65. The van der Waals surface area contributed by atoms with E-state index in [9.17, 15) is 0 Å². The minimum atomic E-state index is 0.323. The Morgan fingerprint density at radius 3 is 2.33 bits per heavy atom. The Kier molecular flexibility index (Phi) is 2.50. The summed E-state index contributed by atoms with van der Waals surface area (Å²) in [5.41, 5.74) is 1.64. The molecule has 0 bridgehead atoms. The first-order chi connectivity index (χ1) is 5.45. The molecule has 0 radical (unpaired) electrons. The summed E-state index contributed by atoms with van der Waals surface area (Å²) in [4.78, 5) is 2.47. The Morgan fingerprint density at radius 1 is 1.42 bits per heavy atom. The lowest BCUT2D eigenvalue weighted by Crippen LogP contribution is -2.49. The lowest BCUT2D eigenvalue weighted by atomic mass is 9.88. The molecule has 0 unspecified atom stereocenters. The number of rotatable bonds is 1. The Hall–Kier alpha value is -0.460. The van der Waals surface area contributed by atoms with Gasteiger partial charge in [0.1, 0.15) is 0 Å². The van der Waals surface area contributed by atoms with E-state index in [1.54, 1.807) is 0 Å². The number of nitrogens with zero attached hydrogens (tertiary/aromatic N) is 1. The van der Waals surface area contributed by atoms with Gasteiger partial charge in [-0.1, -0.05) is 6.58 Å². The van der Waals surface area contributed by atoms with Crippen molar-refractivity contribution < 1.29 is 0 Å². The molecule has 1 fully saturated rings. The monoisotopic (exact) mass is 167 g/mol. The quantitative estimate of drug-likeness (QED) is 0.580. The number of likely N-dealkylation sites (tertiary alicyclic amines) is 1. The highest BCUT2D eigenvalue weighted by Crippen LogP contribution is 2.34. The van der Waals surface area contributed by atoms with Crippen LogP contribution >= 0.6 is 0 Å². The summed E-state index contributed by atoms with van der Waals surface area (Å²) < 4.78 is 0. The number of hydrogen-bond acceptors (Lipinski definition) is 1. The molecule has 0 aromatic rings. The van der Waals surface area contributed by atoms with Gasteiger partial charge in [-0.05, 0) is 47.0 Å². The van der Waals surface area contributed by atoms with Crippen molar-refractivity contribution in [2.45, 2.75) is 58.5 Å². The van der Waals surface area contributed by atoms with Crippen molar-refractivity contribution >= 4 is 0 Å². The van der Waals surface area contributed by atoms with Gasteiger partial charge in [-0.25, -0.2) is 0 Å². The van der Waals surface area contributed by atoms with Gasteiger partial charge in [-0.15, -0.1) is 0 Å². The average Bonchev–Trinajstić information content (AvgIpc) is 1.82. The fraction of sp³-hybridized carbons (Fsp3) is 0.818. The Morgan fingerprint density at radius 2 is 2.00 bits per heavy atom. The van der Waals surface area contributed by atoms with Gasteiger partial charge < -0.3 is 4.90 Å². The fourth-order valence-corrected chi connectivity index (χ4v) is 2.46. The molecule has 1 rings (SSSR count). The molecule has 0 amide bonds. The van der Waals surface area contributed by atoms with Crippen molar-refractivity contribution in [2.75, 3.05) is 0 Å². The first-order valence-electron chi connectivity index (χ1n) is 4.92. The number of piperidine rings is 1. The minimum Gasteiger partial charge on any atom is -0.368 e. The van der Waals surface area contributed by atoms with Gasteiger partial charge in [0.15, 0.2) is 0 Å². The van der Waals surface area contributed by atoms with Crippen molar-refractivity contribution in [3.05, 3.63) is 12.3 Å². The van der Waals surface area contributed by atoms with Gasteiger partial charge in [0, 0.05) is 17.3 Å². The highest BCUT2D eigenvalue weighted by Gasteiger charge is 2.32. The third-order valence-electron chi connectivity index (χ3n) is 2.76. The molecule has 0 aromatic carbocycles. The predicted molar refractivity (Wildman–Crippen MR) is 54.0 cm³/mol. The topological polar surface area (TPSA) is 3.24 Å². The van der Waals surface area contributed by atoms with Gasteiger partial charge in [-0.3, -0.25) is 0 Å². The van der Waals surface area contributed by atoms with E-state index in [1.165, 1.54) is 25.0 Å². The maximum Gasteiger partial charge on any atom is 0.0345 e. The largest absolute Gasteiger partial charge is 0.368 e. The molecule has 1 heteroatoms. The summed E-state index contributed by atoms with van der Waals surface area (Å²) in [6.07, 6.45) is 3.78. The summed E-state index contributed by atoms with van der Waals surface area (Å²) in [5.74, 6) is 0. The smallest absolute Gasteiger partial charge is 0.0345 e. The lowest BCUT2D eigenvalue weighted by Gasteiger charge is -2.48. The van der Waals surface area contributed by atoms with Gasteiger partial charge in [0.2, 0.25) is 0 Å². The summed E-state index contributed by atoms with van der Waals surface area (Å²) in [6.45, 7) is 13.3. The van der Waals surface area contributed by atoms with E-state index in [0.29, 0.717) is 11.6 Å². The first kappa shape index (κ1) is 9.63. The van der Waals surface area contributed by atoms with Gasteiger partial charge in [0.05, 0.1) is 0 Å². The van der Waals surface area contributed by atoms with Crippen LogP contribution in [-0.4, -0.2) is 16.5 Å². The molecule has 70 valence electrons. The fourth-order valence-electron chi connectivity index (χ4n) is 2.46. The lowest BCUT2D eigenvalue weighted by molar-refractivity contribution is 0.0893. The summed E-state index contributed by atoms with van der Waals surface area (Å²) in [6, 6.07) is 0.591. The molecule has 0 spiro atoms. The van der Waals surface area contributed by atoms with Crippen LogP contribution < -0.4 is 0 Å². The molecule has 1 saturated heterocycles. The zero-order valence-corrected chi connectivity index (χ0v) is 8.85. The van der Waals surface area contributed by atoms with Crippen LogP contribution in [0.4, 0.5) is 0 Å². The zero-order valence-electron chi connectivity index (χ0n) is 8.85. The molecule has 1 heterocycles. The van der Waals surface area contributed by atoms with E-state index in [-0.39, 0.29) is 0 Å². The van der Waals surface area contributed by atoms with Crippen LogP contribution in [0, 0.1) is 0 Å². The molecular weight excluding hydrogens is 146 g/mol. The maximum absolute atomic E-state index is 4.14. The second-order valence-corrected chi connectivity index (χ2v) is 4.70. The third-order valence-corrected chi connectivity index (χ3v) is 2.76. The predicted octanol–water partition coefficient (Wildman–Crippen LogP) is 3.17. The average molecular weight is 167 g/mol. The van der Waals surface area contributed by atoms with Crippen molar-refractivity contribution in [3.63, 3.8) is 0 Å². The van der Waals surface area contributed by atoms with E-state index in [1.807, 2.05) is 0 Å². The molecule has 1 aliphatic rings. The molecule has 12 heavy (non-hydrogen) atoms. The summed E-state index contributed by atoms with van der Waals surface area (Å²) in [7, 11) is 0. The van der Waals surface area contributed by atoms with Crippen LogP contribution in [0.3, 0.4) is 0 Å². The van der Waals surface area contributed by atoms with E-state index >= 15 is 0 Å². The van der Waals surface area contributed by atoms with Crippen LogP contribution in [0.5, 0.6) is 0 Å². The molecule has 0 N–H and O–H groups in total. The van der Waals surface area contributed by atoms with Crippen LogP contribution in [-0.2, 0) is 0 Å². The maximum atomic E-state index is 4.14. The van der Waals surface area contributed by atoms with Crippen LogP contribution in [0.1, 0.15) is 47.0 Å². The second-order valence-electron chi connectivity index (χ2n) is 4.70. The number of allylic oxidation sites excluding steroid dienone is 1. The second kappa shape index (κ2) is 3.12. The normalized spacial score (nSPS) is 23.4. The first-order valence-corrected chi connectivity index (χ1v) is 4.92. The Labute approximate surface area is 76.5 Å². The highest BCUT2D eigenvalue weighted by molar-refractivity contribution is 5.06. The molecule has 1 nitrogen and oxygen atoms in total. The minimum absolute atomic E-state index is 0.323. The van der Waals surface area contributed by atoms with Crippen molar-refractivity contribution in [1.29, 1.82) is 0 Å². The standard InChI is InChI=1S/C11H21N/c1-9(2)12-10(3)7-6-8-11(12,4)5/h9H,3,6-8H2,1-2,4-5H3. The van der Waals surface area contributed by atoms with Crippen LogP contribution in [0.2, 0.25) is 0 Å². The molecule has 0 atom stereocenters. The number of hydrogen-bond donors (Lipinski definition) is 0. The summed E-state index contributed by atoms with van der Waals surface area (Å²) >= 11 is 0. The van der Waals surface area contributed by atoms with Crippen molar-refractivity contribution in [2.24, 2.45) is 0 Å². The highest BCUT2D eigenvalue weighted by atomic mass is 15.2. The van der Waals surface area contributed by atoms with Crippen LogP contribution in [0.25, 0.3) is 0 Å². The Bertz CT molecular complexity index is 179. The van der Waals surface area contributed by atoms with E-state index in [4.69, 9.17) is 0 Å². The van der Waals surface area contributed by atoms with E-state index in [2.05, 4.69) is 39.2 Å². The summed E-state index contributed by atoms with van der Waals surface area (Å²) in [5, 5.41) is 0. The van der Waals surface area contributed by atoms with Gasteiger partial charge >= 0.3 is 0 Å². The zero-order chi connectivity index (χ0) is 9.35.